The molecule has 0 saturated carbocycles. The van der Waals surface area contributed by atoms with Gasteiger partial charge in [0.1, 0.15) is 18.8 Å². The third-order valence-corrected chi connectivity index (χ3v) is 5.67. The van der Waals surface area contributed by atoms with Crippen molar-refractivity contribution in [1.82, 2.24) is 19.4 Å². The minimum atomic E-state index is -0.216. The number of imidazole rings is 1. The quantitative estimate of drug-likeness (QED) is 0.495. The maximum atomic E-state index is 13.1. The number of para-hydroxylation sites is 4. The van der Waals surface area contributed by atoms with Crippen LogP contribution < -0.4 is 9.47 Å². The predicted molar refractivity (Wildman–Crippen MR) is 115 cm³/mol. The van der Waals surface area contributed by atoms with Crippen LogP contribution in [0.15, 0.2) is 59.4 Å². The first-order valence-corrected chi connectivity index (χ1v) is 10.6. The molecule has 0 radical (unpaired) electrons. The number of thiazole rings is 1. The number of hydrogen-bond acceptors (Lipinski definition) is 6. The normalized spacial score (nSPS) is 15.3. The number of likely N-dealkylation sites (N-methyl/N-ethyl adjacent to an activating group) is 1. The van der Waals surface area contributed by atoms with Gasteiger partial charge in [-0.3, -0.25) is 4.79 Å². The number of aromatic nitrogens is 3. The zero-order valence-electron chi connectivity index (χ0n) is 16.4. The summed E-state index contributed by atoms with van der Waals surface area (Å²) in [5.74, 6) is 2.11. The second-order valence-corrected chi connectivity index (χ2v) is 7.87. The Bertz CT molecular complexity index is 1190. The van der Waals surface area contributed by atoms with Crippen molar-refractivity contribution in [1.29, 1.82) is 0 Å². The molecule has 30 heavy (non-hydrogen) atoms. The lowest BCUT2D eigenvalue weighted by molar-refractivity contribution is -0.131. The van der Waals surface area contributed by atoms with Gasteiger partial charge in [-0.05, 0) is 24.3 Å². The molecule has 152 valence electrons. The summed E-state index contributed by atoms with van der Waals surface area (Å²) in [5, 5.41) is 1.94. The van der Waals surface area contributed by atoms with Gasteiger partial charge in [0.2, 0.25) is 5.91 Å². The van der Waals surface area contributed by atoms with Gasteiger partial charge in [-0.2, -0.15) is 0 Å². The van der Waals surface area contributed by atoms with Crippen LogP contribution in [0.5, 0.6) is 11.5 Å². The number of benzene rings is 2. The van der Waals surface area contributed by atoms with E-state index >= 15 is 0 Å². The minimum Gasteiger partial charge on any atom is -0.486 e. The maximum Gasteiger partial charge on any atom is 0.242 e. The fraction of sp³-hybridized carbons (Fsp3) is 0.227. The van der Waals surface area contributed by atoms with E-state index in [9.17, 15) is 4.79 Å². The topological polar surface area (TPSA) is 69.5 Å². The third kappa shape index (κ3) is 3.50. The number of hydrogen-bond donors (Lipinski definition) is 0. The summed E-state index contributed by atoms with van der Waals surface area (Å²) in [6.45, 7) is 1.02. The fourth-order valence-corrected chi connectivity index (χ4v) is 4.10. The number of carbonyl (C=O) groups excluding carboxylic acids is 1. The van der Waals surface area contributed by atoms with Crippen molar-refractivity contribution in [3.8, 4) is 23.0 Å². The van der Waals surface area contributed by atoms with Gasteiger partial charge >= 0.3 is 0 Å². The smallest absolute Gasteiger partial charge is 0.242 e. The molecule has 2 aromatic heterocycles. The second-order valence-electron chi connectivity index (χ2n) is 7.16. The molecule has 1 amide bonds. The first-order valence-electron chi connectivity index (χ1n) is 9.65. The van der Waals surface area contributed by atoms with E-state index in [1.165, 1.54) is 11.3 Å². The largest absolute Gasteiger partial charge is 0.486 e. The number of nitrogens with zero attached hydrogens (tertiary/aromatic N) is 4. The maximum absolute atomic E-state index is 13.1. The van der Waals surface area contributed by atoms with E-state index in [0.717, 1.165) is 22.5 Å². The van der Waals surface area contributed by atoms with Gasteiger partial charge in [0.15, 0.2) is 23.4 Å². The van der Waals surface area contributed by atoms with Crippen LogP contribution in [0, 0.1) is 0 Å². The average molecular weight is 420 g/mol. The zero-order chi connectivity index (χ0) is 20.5. The predicted octanol–water partition coefficient (Wildman–Crippen LogP) is 3.46. The first-order chi connectivity index (χ1) is 14.7. The van der Waals surface area contributed by atoms with Gasteiger partial charge < -0.3 is 18.9 Å². The summed E-state index contributed by atoms with van der Waals surface area (Å²) in [7, 11) is 1.79. The van der Waals surface area contributed by atoms with Crippen molar-refractivity contribution in [2.75, 3.05) is 20.2 Å². The molecule has 5 rings (SSSR count). The lowest BCUT2D eigenvalue weighted by Gasteiger charge is -2.29. The van der Waals surface area contributed by atoms with Gasteiger partial charge in [-0.1, -0.05) is 24.3 Å². The Morgan fingerprint density at radius 3 is 2.83 bits per heavy atom. The van der Waals surface area contributed by atoms with Crippen molar-refractivity contribution in [3.63, 3.8) is 0 Å². The Labute approximate surface area is 177 Å². The molecule has 0 aliphatic carbocycles. The minimum absolute atomic E-state index is 0.0305. The van der Waals surface area contributed by atoms with Crippen LogP contribution >= 0.6 is 11.3 Å². The molecule has 7 nitrogen and oxygen atoms in total. The molecule has 1 atom stereocenters. The Morgan fingerprint density at radius 1 is 1.20 bits per heavy atom. The third-order valence-electron chi connectivity index (χ3n) is 5.08. The molecule has 3 heterocycles. The van der Waals surface area contributed by atoms with Gasteiger partial charge in [-0.15, -0.1) is 11.3 Å². The van der Waals surface area contributed by atoms with Crippen molar-refractivity contribution >= 4 is 28.3 Å². The number of fused-ring (bicyclic) bond motifs is 2. The molecule has 1 aliphatic rings. The first kappa shape index (κ1) is 18.6. The van der Waals surface area contributed by atoms with Gasteiger partial charge in [0.05, 0.1) is 23.1 Å². The Hall–Kier alpha value is -3.39. The van der Waals surface area contributed by atoms with Crippen LogP contribution in [0.4, 0.5) is 0 Å². The van der Waals surface area contributed by atoms with Crippen LogP contribution in [-0.2, 0) is 11.3 Å². The summed E-state index contributed by atoms with van der Waals surface area (Å²) < 4.78 is 13.7. The van der Waals surface area contributed by atoms with Crippen LogP contribution in [0.25, 0.3) is 22.6 Å². The van der Waals surface area contributed by atoms with Gasteiger partial charge in [0, 0.05) is 12.4 Å². The highest BCUT2D eigenvalue weighted by Crippen LogP contribution is 2.31. The molecule has 0 spiro atoms. The van der Waals surface area contributed by atoms with Crippen molar-refractivity contribution < 1.29 is 14.3 Å². The number of rotatable bonds is 5. The second kappa shape index (κ2) is 7.79. The number of amides is 1. The SMILES string of the molecule is CN(C[C@H]1COc2ccccc2O1)C(=O)Cn1c(-c2cscn2)nc2ccccc21. The molecule has 1 aliphatic heterocycles. The molecule has 0 N–H and O–H groups in total. The van der Waals surface area contributed by atoms with Crippen molar-refractivity contribution in [3.05, 3.63) is 59.4 Å². The summed E-state index contributed by atoms with van der Waals surface area (Å²) in [4.78, 5) is 23.8. The van der Waals surface area contributed by atoms with Crippen molar-refractivity contribution in [2.24, 2.45) is 0 Å². The van der Waals surface area contributed by atoms with Crippen LogP contribution in [-0.4, -0.2) is 51.6 Å². The molecule has 0 bridgehead atoms. The number of ether oxygens (including phenoxy) is 2. The fourth-order valence-electron chi connectivity index (χ4n) is 3.57. The molecule has 2 aromatic carbocycles. The summed E-state index contributed by atoms with van der Waals surface area (Å²) >= 11 is 1.51. The summed E-state index contributed by atoms with van der Waals surface area (Å²) in [5.41, 5.74) is 4.29. The highest BCUT2D eigenvalue weighted by Gasteiger charge is 2.25. The molecule has 0 saturated heterocycles. The van der Waals surface area contributed by atoms with Gasteiger partial charge in [-0.25, -0.2) is 9.97 Å². The van der Waals surface area contributed by atoms with Crippen LogP contribution in [0.1, 0.15) is 0 Å². The monoisotopic (exact) mass is 420 g/mol. The van der Waals surface area contributed by atoms with Gasteiger partial charge in [0.25, 0.3) is 0 Å². The molecule has 4 aromatic rings. The Balaban J connectivity index is 1.34. The van der Waals surface area contributed by atoms with E-state index < -0.39 is 0 Å². The van der Waals surface area contributed by atoms with E-state index in [0.29, 0.717) is 24.7 Å². The highest BCUT2D eigenvalue weighted by molar-refractivity contribution is 7.07. The highest BCUT2D eigenvalue weighted by atomic mass is 32.1. The standard InChI is InChI=1S/C22H20N4O3S/c1-25(10-15-12-28-19-8-4-5-9-20(19)29-15)21(27)11-26-18-7-3-2-6-16(18)24-22(26)17-13-30-14-23-17/h2-9,13-15H,10-12H2,1H3/t15-/m0/s1. The van der Waals surface area contributed by atoms with E-state index in [4.69, 9.17) is 14.5 Å². The molecule has 0 unspecified atom stereocenters. The molecule has 8 heteroatoms. The lowest BCUT2D eigenvalue weighted by Crippen LogP contribution is -2.42. The summed E-state index contributed by atoms with van der Waals surface area (Å²) in [6, 6.07) is 15.4. The van der Waals surface area contributed by atoms with Crippen LogP contribution in [0.2, 0.25) is 0 Å². The Kier molecular flexibility index (Phi) is 4.84. The van der Waals surface area contributed by atoms with E-state index in [1.807, 2.05) is 58.5 Å². The molecular weight excluding hydrogens is 400 g/mol. The summed E-state index contributed by atoms with van der Waals surface area (Å²) in [6.07, 6.45) is -0.216. The van der Waals surface area contributed by atoms with E-state index in [1.54, 1.807) is 17.5 Å². The van der Waals surface area contributed by atoms with Crippen LogP contribution in [0.3, 0.4) is 0 Å². The molecular formula is C22H20N4O3S. The van der Waals surface area contributed by atoms with E-state index in [-0.39, 0.29) is 18.6 Å². The number of carbonyl (C=O) groups is 1. The van der Waals surface area contributed by atoms with Crippen molar-refractivity contribution in [2.45, 2.75) is 12.6 Å². The molecule has 0 fully saturated rings. The van der Waals surface area contributed by atoms with E-state index in [2.05, 4.69) is 4.98 Å². The zero-order valence-corrected chi connectivity index (χ0v) is 17.2. The average Bonchev–Trinajstić information content (AvgIpc) is 3.42. The lowest BCUT2D eigenvalue weighted by atomic mass is 10.2. The Morgan fingerprint density at radius 2 is 2.00 bits per heavy atom.